The van der Waals surface area contributed by atoms with Crippen LogP contribution in [0.5, 0.6) is 0 Å². The molecule has 2 heterocycles. The minimum atomic E-state index is 0.106. The highest BCUT2D eigenvalue weighted by molar-refractivity contribution is 8.14. The molecular weight excluding hydrogens is 206 g/mol. The molecule has 0 amide bonds. The van der Waals surface area contributed by atoms with Crippen LogP contribution < -0.4 is 5.32 Å². The highest BCUT2D eigenvalue weighted by atomic mass is 32.2. The van der Waals surface area contributed by atoms with E-state index in [4.69, 9.17) is 0 Å². The summed E-state index contributed by atoms with van der Waals surface area (Å²) < 4.78 is 0. The van der Waals surface area contributed by atoms with Gasteiger partial charge < -0.3 is 5.32 Å². The van der Waals surface area contributed by atoms with Gasteiger partial charge in [0.25, 0.3) is 0 Å². The molecule has 0 aliphatic carbocycles. The van der Waals surface area contributed by atoms with Crippen LogP contribution in [0.25, 0.3) is 0 Å². The standard InChI is InChI=1S/C11H15N3S/c1-3-11(2)8-15-10(14-11)13-9-5-4-6-12-7-9/h4-7H,3,8H2,1-2H3,(H,13,14). The SMILES string of the molecule is CCC1(C)CSC(Nc2cccnc2)=N1. The average molecular weight is 221 g/mol. The van der Waals surface area contributed by atoms with Crippen molar-refractivity contribution in [3.63, 3.8) is 0 Å². The first-order chi connectivity index (χ1) is 7.22. The third kappa shape index (κ3) is 2.50. The topological polar surface area (TPSA) is 37.3 Å². The lowest BCUT2D eigenvalue weighted by Crippen LogP contribution is -2.20. The van der Waals surface area contributed by atoms with Crippen molar-refractivity contribution in [2.75, 3.05) is 11.1 Å². The van der Waals surface area contributed by atoms with Crippen molar-refractivity contribution in [2.24, 2.45) is 4.99 Å². The van der Waals surface area contributed by atoms with Crippen molar-refractivity contribution in [1.82, 2.24) is 4.98 Å². The van der Waals surface area contributed by atoms with Crippen LogP contribution in [0.4, 0.5) is 5.69 Å². The summed E-state index contributed by atoms with van der Waals surface area (Å²) in [6.07, 6.45) is 4.66. The Morgan fingerprint density at radius 1 is 1.60 bits per heavy atom. The summed E-state index contributed by atoms with van der Waals surface area (Å²) in [5, 5.41) is 4.29. The van der Waals surface area contributed by atoms with Crippen molar-refractivity contribution in [2.45, 2.75) is 25.8 Å². The van der Waals surface area contributed by atoms with E-state index >= 15 is 0 Å². The third-order valence-electron chi connectivity index (χ3n) is 2.57. The van der Waals surface area contributed by atoms with E-state index in [1.807, 2.05) is 18.3 Å². The Kier molecular flexibility index (Phi) is 2.95. The number of nitrogens with zero attached hydrogens (tertiary/aromatic N) is 2. The van der Waals surface area contributed by atoms with Gasteiger partial charge in [0.1, 0.15) is 0 Å². The fourth-order valence-electron chi connectivity index (χ4n) is 1.34. The molecule has 1 atom stereocenters. The minimum absolute atomic E-state index is 0.106. The Bertz CT molecular complexity index is 363. The molecule has 0 aromatic carbocycles. The van der Waals surface area contributed by atoms with Crippen molar-refractivity contribution in [3.8, 4) is 0 Å². The lowest BCUT2D eigenvalue weighted by molar-refractivity contribution is 0.523. The molecule has 1 unspecified atom stereocenters. The molecule has 15 heavy (non-hydrogen) atoms. The highest BCUT2D eigenvalue weighted by Crippen LogP contribution is 2.30. The first-order valence-electron chi connectivity index (χ1n) is 5.11. The molecule has 0 spiro atoms. The van der Waals surface area contributed by atoms with Gasteiger partial charge in [0.2, 0.25) is 0 Å². The average Bonchev–Trinajstić information content (AvgIpc) is 2.63. The van der Waals surface area contributed by atoms with E-state index in [1.165, 1.54) is 0 Å². The summed E-state index contributed by atoms with van der Waals surface area (Å²) in [6.45, 7) is 4.37. The molecule has 1 N–H and O–H groups in total. The number of hydrogen-bond donors (Lipinski definition) is 1. The fourth-order valence-corrected chi connectivity index (χ4v) is 2.53. The van der Waals surface area contributed by atoms with Gasteiger partial charge in [-0.2, -0.15) is 0 Å². The predicted octanol–water partition coefficient (Wildman–Crippen LogP) is 2.77. The molecule has 80 valence electrons. The third-order valence-corrected chi connectivity index (χ3v) is 3.80. The van der Waals surface area contributed by atoms with Crippen LogP contribution in [-0.2, 0) is 0 Å². The number of anilines is 1. The van der Waals surface area contributed by atoms with Crippen LogP contribution in [-0.4, -0.2) is 21.4 Å². The van der Waals surface area contributed by atoms with Gasteiger partial charge in [0, 0.05) is 11.9 Å². The van der Waals surface area contributed by atoms with Crippen LogP contribution >= 0.6 is 11.8 Å². The Morgan fingerprint density at radius 3 is 3.07 bits per heavy atom. The van der Waals surface area contributed by atoms with Gasteiger partial charge in [0.05, 0.1) is 17.4 Å². The molecule has 0 saturated heterocycles. The van der Waals surface area contributed by atoms with Crippen LogP contribution in [0.15, 0.2) is 29.5 Å². The smallest absolute Gasteiger partial charge is 0.161 e. The number of aromatic nitrogens is 1. The number of amidine groups is 1. The van der Waals surface area contributed by atoms with Crippen LogP contribution in [0.2, 0.25) is 0 Å². The maximum Gasteiger partial charge on any atom is 0.161 e. The zero-order chi connectivity index (χ0) is 10.7. The molecular formula is C11H15N3S. The molecule has 0 bridgehead atoms. The van der Waals surface area contributed by atoms with Gasteiger partial charge in [-0.05, 0) is 25.5 Å². The number of rotatable bonds is 2. The first-order valence-corrected chi connectivity index (χ1v) is 6.10. The second kappa shape index (κ2) is 4.23. The number of thioether (sulfide) groups is 1. The Hall–Kier alpha value is -1.03. The predicted molar refractivity (Wildman–Crippen MR) is 66.4 cm³/mol. The molecule has 3 nitrogen and oxygen atoms in total. The molecule has 0 radical (unpaired) electrons. The fraction of sp³-hybridized carbons (Fsp3) is 0.455. The van der Waals surface area contributed by atoms with E-state index < -0.39 is 0 Å². The highest BCUT2D eigenvalue weighted by Gasteiger charge is 2.28. The maximum absolute atomic E-state index is 4.67. The lowest BCUT2D eigenvalue weighted by atomic mass is 10.0. The van der Waals surface area contributed by atoms with Crippen molar-refractivity contribution >= 4 is 22.6 Å². The van der Waals surface area contributed by atoms with E-state index in [2.05, 4.69) is 29.1 Å². The van der Waals surface area contributed by atoms with Crippen LogP contribution in [0.1, 0.15) is 20.3 Å². The first kappa shape index (κ1) is 10.5. The van der Waals surface area contributed by atoms with E-state index in [0.717, 1.165) is 23.0 Å². The summed E-state index contributed by atoms with van der Waals surface area (Å²) >= 11 is 1.78. The van der Waals surface area contributed by atoms with Gasteiger partial charge in [-0.3, -0.25) is 9.98 Å². The molecule has 0 saturated carbocycles. The van der Waals surface area contributed by atoms with Gasteiger partial charge >= 0.3 is 0 Å². The second-order valence-corrected chi connectivity index (χ2v) is 4.89. The van der Waals surface area contributed by atoms with E-state index in [9.17, 15) is 0 Å². The number of hydrogen-bond acceptors (Lipinski definition) is 4. The molecule has 1 aliphatic heterocycles. The van der Waals surface area contributed by atoms with E-state index in [-0.39, 0.29) is 5.54 Å². The summed E-state index contributed by atoms with van der Waals surface area (Å²) in [5.41, 5.74) is 1.11. The Balaban J connectivity index is 2.06. The zero-order valence-corrected chi connectivity index (χ0v) is 9.84. The zero-order valence-electron chi connectivity index (χ0n) is 9.03. The summed E-state index contributed by atoms with van der Waals surface area (Å²) in [5.74, 6) is 1.06. The van der Waals surface area contributed by atoms with Gasteiger partial charge in [0.15, 0.2) is 5.17 Å². The van der Waals surface area contributed by atoms with Gasteiger partial charge in [-0.15, -0.1) is 0 Å². The molecule has 2 rings (SSSR count). The second-order valence-electron chi connectivity index (χ2n) is 3.92. The van der Waals surface area contributed by atoms with Crippen molar-refractivity contribution in [3.05, 3.63) is 24.5 Å². The number of aliphatic imine (C=N–C) groups is 1. The monoisotopic (exact) mass is 221 g/mol. The largest absolute Gasteiger partial charge is 0.334 e. The molecule has 0 fully saturated rings. The molecule has 1 aliphatic rings. The Morgan fingerprint density at radius 2 is 2.47 bits per heavy atom. The number of pyridine rings is 1. The van der Waals surface area contributed by atoms with Crippen LogP contribution in [0, 0.1) is 0 Å². The summed E-state index contributed by atoms with van der Waals surface area (Å²) in [7, 11) is 0. The maximum atomic E-state index is 4.67. The van der Waals surface area contributed by atoms with Crippen molar-refractivity contribution < 1.29 is 0 Å². The van der Waals surface area contributed by atoms with E-state index in [0.29, 0.717) is 0 Å². The summed E-state index contributed by atoms with van der Waals surface area (Å²) in [6, 6.07) is 3.92. The normalized spacial score (nSPS) is 25.1. The Labute approximate surface area is 94.4 Å². The molecule has 4 heteroatoms. The van der Waals surface area contributed by atoms with Gasteiger partial charge in [-0.1, -0.05) is 18.7 Å². The van der Waals surface area contributed by atoms with Crippen LogP contribution in [0.3, 0.4) is 0 Å². The van der Waals surface area contributed by atoms with Gasteiger partial charge in [-0.25, -0.2) is 0 Å². The minimum Gasteiger partial charge on any atom is -0.334 e. The van der Waals surface area contributed by atoms with E-state index in [1.54, 1.807) is 18.0 Å². The summed E-state index contributed by atoms with van der Waals surface area (Å²) in [4.78, 5) is 8.73. The van der Waals surface area contributed by atoms with Crippen molar-refractivity contribution in [1.29, 1.82) is 0 Å². The molecule has 1 aromatic heterocycles. The lowest BCUT2D eigenvalue weighted by Gasteiger charge is -2.15. The molecule has 1 aromatic rings. The quantitative estimate of drug-likeness (QED) is 0.834. The number of nitrogens with one attached hydrogen (secondary N) is 1.